The van der Waals surface area contributed by atoms with Crippen LogP contribution in [-0.2, 0) is 11.3 Å². The summed E-state index contributed by atoms with van der Waals surface area (Å²) in [5.41, 5.74) is 0.508. The third-order valence-corrected chi connectivity index (χ3v) is 7.53. The molecule has 0 radical (unpaired) electrons. The first-order chi connectivity index (χ1) is 16.0. The molecule has 5 rings (SSSR count). The summed E-state index contributed by atoms with van der Waals surface area (Å²) in [6, 6.07) is 4.77. The van der Waals surface area contributed by atoms with E-state index in [2.05, 4.69) is 29.0 Å². The molecule has 12 heteroatoms. The molecule has 9 nitrogen and oxygen atoms in total. The predicted octanol–water partition coefficient (Wildman–Crippen LogP) is 3.33. The Kier molecular flexibility index (Phi) is 6.62. The van der Waals surface area contributed by atoms with E-state index in [0.717, 1.165) is 50.1 Å². The first kappa shape index (κ1) is 22.7. The van der Waals surface area contributed by atoms with Gasteiger partial charge in [0.15, 0.2) is 16.7 Å². The molecule has 1 aromatic carbocycles. The summed E-state index contributed by atoms with van der Waals surface area (Å²) in [6.07, 6.45) is 0.736. The fraction of sp³-hybridized carbons (Fsp3) is 0.476. The lowest BCUT2D eigenvalue weighted by Crippen LogP contribution is -2.44. The van der Waals surface area contributed by atoms with Crippen LogP contribution in [-0.4, -0.2) is 79.2 Å². The van der Waals surface area contributed by atoms with Gasteiger partial charge in [0.1, 0.15) is 5.82 Å². The van der Waals surface area contributed by atoms with Crippen LogP contribution in [0.1, 0.15) is 34.5 Å². The maximum atomic E-state index is 13.5. The highest BCUT2D eigenvalue weighted by Crippen LogP contribution is 2.33. The van der Waals surface area contributed by atoms with Crippen molar-refractivity contribution in [1.29, 1.82) is 0 Å². The summed E-state index contributed by atoms with van der Waals surface area (Å²) in [4.78, 5) is 22.2. The number of aryl methyl sites for hydroxylation is 1. The van der Waals surface area contributed by atoms with Crippen molar-refractivity contribution in [2.24, 2.45) is 0 Å². The number of ether oxygens (including phenoxy) is 1. The van der Waals surface area contributed by atoms with E-state index in [1.165, 1.54) is 11.5 Å². The number of hydrogen-bond donors (Lipinski definition) is 0. The molecule has 0 N–H and O–H groups in total. The van der Waals surface area contributed by atoms with Crippen LogP contribution >= 0.6 is 34.7 Å². The molecule has 0 saturated carbocycles. The maximum Gasteiger partial charge on any atom is 0.254 e. The number of amides is 1. The van der Waals surface area contributed by atoms with Crippen molar-refractivity contribution in [1.82, 2.24) is 33.9 Å². The van der Waals surface area contributed by atoms with Gasteiger partial charge in [-0.15, -0.1) is 10.2 Å². The van der Waals surface area contributed by atoms with Gasteiger partial charge >= 0.3 is 0 Å². The summed E-state index contributed by atoms with van der Waals surface area (Å²) in [7, 11) is 0. The van der Waals surface area contributed by atoms with E-state index in [9.17, 15) is 4.79 Å². The molecule has 1 fully saturated rings. The molecule has 1 amide bonds. The monoisotopic (exact) mass is 507 g/mol. The smallest absolute Gasteiger partial charge is 0.254 e. The summed E-state index contributed by atoms with van der Waals surface area (Å²) in [5.74, 6) is 2.09. The van der Waals surface area contributed by atoms with Gasteiger partial charge in [0.2, 0.25) is 0 Å². The fourth-order valence-electron chi connectivity index (χ4n) is 4.28. The quantitative estimate of drug-likeness (QED) is 0.522. The average Bonchev–Trinajstić information content (AvgIpc) is 3.45. The Hall–Kier alpha value is -2.11. The molecule has 1 atom stereocenters. The molecule has 33 heavy (non-hydrogen) atoms. The Balaban J connectivity index is 1.46. The van der Waals surface area contributed by atoms with Crippen LogP contribution in [0.2, 0.25) is 10.0 Å². The lowest BCUT2D eigenvalue weighted by molar-refractivity contribution is 0.0296. The molecule has 4 heterocycles. The Morgan fingerprint density at radius 2 is 1.97 bits per heavy atom. The number of halogens is 2. The number of fused-ring (bicyclic) bond motifs is 1. The Morgan fingerprint density at radius 3 is 2.70 bits per heavy atom. The van der Waals surface area contributed by atoms with Crippen LogP contribution in [0.4, 0.5) is 0 Å². The van der Waals surface area contributed by atoms with Gasteiger partial charge in [-0.3, -0.25) is 9.69 Å². The Morgan fingerprint density at radius 1 is 1.15 bits per heavy atom. The van der Waals surface area contributed by atoms with Crippen LogP contribution in [0, 0.1) is 6.92 Å². The SMILES string of the molecule is Cc1nsc(-c2nnc3n2CCN(C(=O)c2ccc(Cl)c(Cl)c2)C3CCN2CCOCC2)n1. The zero-order valence-corrected chi connectivity index (χ0v) is 20.4. The average molecular weight is 508 g/mol. The van der Waals surface area contributed by atoms with Gasteiger partial charge in [-0.05, 0) is 43.1 Å². The van der Waals surface area contributed by atoms with Gasteiger partial charge in [-0.2, -0.15) is 4.37 Å². The van der Waals surface area contributed by atoms with E-state index in [4.69, 9.17) is 27.9 Å². The minimum absolute atomic E-state index is 0.0943. The molecule has 3 aromatic rings. The second-order valence-corrected chi connectivity index (χ2v) is 9.63. The maximum absolute atomic E-state index is 13.5. The van der Waals surface area contributed by atoms with E-state index in [-0.39, 0.29) is 11.9 Å². The zero-order chi connectivity index (χ0) is 22.9. The number of hydrogen-bond acceptors (Lipinski definition) is 8. The number of nitrogens with zero attached hydrogens (tertiary/aromatic N) is 7. The van der Waals surface area contributed by atoms with Crippen molar-refractivity contribution < 1.29 is 9.53 Å². The number of carbonyl (C=O) groups is 1. The van der Waals surface area contributed by atoms with Crippen LogP contribution in [0.15, 0.2) is 18.2 Å². The van der Waals surface area contributed by atoms with Crippen LogP contribution < -0.4 is 0 Å². The van der Waals surface area contributed by atoms with Gasteiger partial charge in [-0.1, -0.05) is 23.2 Å². The van der Waals surface area contributed by atoms with E-state index < -0.39 is 0 Å². The normalized spacial score (nSPS) is 19.0. The van der Waals surface area contributed by atoms with Crippen LogP contribution in [0.3, 0.4) is 0 Å². The first-order valence-corrected chi connectivity index (χ1v) is 12.3. The molecule has 0 bridgehead atoms. The number of morpholine rings is 1. The van der Waals surface area contributed by atoms with E-state index >= 15 is 0 Å². The van der Waals surface area contributed by atoms with Crippen molar-refractivity contribution in [3.05, 3.63) is 45.5 Å². The molecule has 2 aliphatic heterocycles. The zero-order valence-electron chi connectivity index (χ0n) is 18.1. The highest BCUT2D eigenvalue weighted by atomic mass is 35.5. The van der Waals surface area contributed by atoms with Crippen molar-refractivity contribution in [2.45, 2.75) is 25.9 Å². The molecule has 0 spiro atoms. The number of aromatic nitrogens is 5. The Bertz CT molecular complexity index is 1160. The summed E-state index contributed by atoms with van der Waals surface area (Å²) >= 11 is 13.6. The topological polar surface area (TPSA) is 89.3 Å². The molecule has 1 unspecified atom stereocenters. The number of benzene rings is 1. The standard InChI is InChI=1S/C21H23Cl2N7O2S/c1-13-24-20(33-27-13)19-26-25-18-17(4-5-28-8-10-32-11-9-28)29(6-7-30(18)19)21(31)14-2-3-15(22)16(23)12-14/h2-3,12,17H,4-11H2,1H3. The second-order valence-electron chi connectivity index (χ2n) is 8.07. The van der Waals surface area contributed by atoms with Crippen molar-refractivity contribution in [2.75, 3.05) is 39.4 Å². The van der Waals surface area contributed by atoms with E-state index in [1.54, 1.807) is 18.2 Å². The Labute approximate surface area is 205 Å². The highest BCUT2D eigenvalue weighted by Gasteiger charge is 2.36. The molecular formula is C21H23Cl2N7O2S. The molecule has 174 valence electrons. The molecule has 2 aromatic heterocycles. The van der Waals surface area contributed by atoms with Gasteiger partial charge < -0.3 is 14.2 Å². The molecular weight excluding hydrogens is 485 g/mol. The molecule has 2 aliphatic rings. The van der Waals surface area contributed by atoms with Crippen molar-refractivity contribution >= 4 is 40.6 Å². The van der Waals surface area contributed by atoms with Gasteiger partial charge in [-0.25, -0.2) is 4.98 Å². The molecule has 1 saturated heterocycles. The van der Waals surface area contributed by atoms with Crippen LogP contribution in [0.25, 0.3) is 10.8 Å². The minimum Gasteiger partial charge on any atom is -0.379 e. The lowest BCUT2D eigenvalue weighted by Gasteiger charge is -2.37. The molecule has 0 aliphatic carbocycles. The second kappa shape index (κ2) is 9.63. The van der Waals surface area contributed by atoms with Gasteiger partial charge in [0, 0.05) is 38.3 Å². The fourth-order valence-corrected chi connectivity index (χ4v) is 5.25. The highest BCUT2D eigenvalue weighted by molar-refractivity contribution is 7.09. The van der Waals surface area contributed by atoms with Crippen molar-refractivity contribution in [3.63, 3.8) is 0 Å². The largest absolute Gasteiger partial charge is 0.379 e. The lowest BCUT2D eigenvalue weighted by atomic mass is 10.1. The minimum atomic E-state index is -0.223. The summed E-state index contributed by atoms with van der Waals surface area (Å²) in [5, 5.41) is 10.5. The van der Waals surface area contributed by atoms with Gasteiger partial charge in [0.25, 0.3) is 5.91 Å². The third kappa shape index (κ3) is 4.63. The third-order valence-electron chi connectivity index (χ3n) is 5.99. The number of carbonyl (C=O) groups excluding carboxylic acids is 1. The van der Waals surface area contributed by atoms with Crippen molar-refractivity contribution in [3.8, 4) is 10.8 Å². The first-order valence-electron chi connectivity index (χ1n) is 10.8. The summed E-state index contributed by atoms with van der Waals surface area (Å²) in [6.45, 7) is 7.03. The number of rotatable bonds is 5. The summed E-state index contributed by atoms with van der Waals surface area (Å²) < 4.78 is 11.8. The van der Waals surface area contributed by atoms with Gasteiger partial charge in [0.05, 0.1) is 29.3 Å². The van der Waals surface area contributed by atoms with E-state index in [0.29, 0.717) is 40.3 Å². The van der Waals surface area contributed by atoms with Crippen LogP contribution in [0.5, 0.6) is 0 Å². The predicted molar refractivity (Wildman–Crippen MR) is 126 cm³/mol. The van der Waals surface area contributed by atoms with E-state index in [1.807, 2.05) is 11.8 Å².